The Labute approximate surface area is 122 Å². The van der Waals surface area contributed by atoms with Crippen LogP contribution in [0.3, 0.4) is 0 Å². The van der Waals surface area contributed by atoms with Gasteiger partial charge in [-0.1, -0.05) is 12.1 Å². The fourth-order valence-corrected chi connectivity index (χ4v) is 2.18. The van der Waals surface area contributed by atoms with Gasteiger partial charge in [-0.05, 0) is 61.7 Å². The highest BCUT2D eigenvalue weighted by atomic mass is 19.1. The fourth-order valence-electron chi connectivity index (χ4n) is 2.18. The lowest BCUT2D eigenvalue weighted by molar-refractivity contribution is 0.557. The molecule has 0 aliphatic carbocycles. The molecule has 1 nitrogen and oxygen atoms in total. The van der Waals surface area contributed by atoms with Gasteiger partial charge in [0.15, 0.2) is 0 Å². The summed E-state index contributed by atoms with van der Waals surface area (Å²) in [4.78, 5) is 0. The molecule has 1 N–H and O–H groups in total. The molecule has 0 aromatic heterocycles. The first kappa shape index (κ1) is 15.6. The lowest BCUT2D eigenvalue weighted by atomic mass is 10.1. The van der Waals surface area contributed by atoms with E-state index in [0.717, 1.165) is 11.6 Å². The maximum absolute atomic E-state index is 13.5. The molecule has 2 rings (SSSR count). The first-order valence-corrected chi connectivity index (χ1v) is 6.90. The third-order valence-corrected chi connectivity index (χ3v) is 3.48. The molecule has 112 valence electrons. The summed E-state index contributed by atoms with van der Waals surface area (Å²) in [5, 5.41) is 3.22. The highest BCUT2D eigenvalue weighted by Crippen LogP contribution is 2.16. The largest absolute Gasteiger partial charge is 0.310 e. The maximum atomic E-state index is 13.5. The van der Waals surface area contributed by atoms with E-state index in [4.69, 9.17) is 0 Å². The van der Waals surface area contributed by atoms with Crippen molar-refractivity contribution in [2.24, 2.45) is 0 Å². The predicted molar refractivity (Wildman–Crippen MR) is 77.6 cm³/mol. The van der Waals surface area contributed by atoms with E-state index in [1.54, 1.807) is 13.0 Å². The van der Waals surface area contributed by atoms with Crippen molar-refractivity contribution in [2.75, 3.05) is 6.54 Å². The minimum atomic E-state index is -0.571. The summed E-state index contributed by atoms with van der Waals surface area (Å²) in [6, 6.07) is 8.59. The van der Waals surface area contributed by atoms with E-state index in [-0.39, 0.29) is 11.9 Å². The van der Waals surface area contributed by atoms with E-state index in [9.17, 15) is 13.2 Å². The maximum Gasteiger partial charge on any atom is 0.126 e. The van der Waals surface area contributed by atoms with Crippen LogP contribution in [0, 0.1) is 24.4 Å². The lowest BCUT2D eigenvalue weighted by Gasteiger charge is -2.15. The number of hydrogen-bond donors (Lipinski definition) is 1. The Morgan fingerprint density at radius 2 is 1.67 bits per heavy atom. The molecule has 1 unspecified atom stereocenters. The summed E-state index contributed by atoms with van der Waals surface area (Å²) in [7, 11) is 0. The van der Waals surface area contributed by atoms with Crippen molar-refractivity contribution in [2.45, 2.75) is 26.3 Å². The van der Waals surface area contributed by atoms with Gasteiger partial charge in [-0.3, -0.25) is 0 Å². The number of aryl methyl sites for hydroxylation is 1. The molecule has 0 aliphatic rings. The van der Waals surface area contributed by atoms with Gasteiger partial charge in [0.05, 0.1) is 0 Å². The number of hydrogen-bond acceptors (Lipinski definition) is 1. The van der Waals surface area contributed by atoms with Crippen molar-refractivity contribution in [3.63, 3.8) is 0 Å². The minimum Gasteiger partial charge on any atom is -0.310 e. The molecule has 0 radical (unpaired) electrons. The minimum absolute atomic E-state index is 0.0292. The molecule has 0 amide bonds. The first-order valence-electron chi connectivity index (χ1n) is 6.90. The summed E-state index contributed by atoms with van der Waals surface area (Å²) in [5.74, 6) is -1.37. The Morgan fingerprint density at radius 1 is 1.00 bits per heavy atom. The second-order valence-electron chi connectivity index (χ2n) is 5.21. The van der Waals surface area contributed by atoms with E-state index in [1.807, 2.05) is 13.0 Å². The molecule has 0 saturated carbocycles. The zero-order valence-electron chi connectivity index (χ0n) is 12.1. The molecule has 0 spiro atoms. The van der Waals surface area contributed by atoms with Gasteiger partial charge in [-0.2, -0.15) is 0 Å². The average molecular weight is 293 g/mol. The van der Waals surface area contributed by atoms with Crippen molar-refractivity contribution < 1.29 is 13.2 Å². The van der Waals surface area contributed by atoms with Crippen molar-refractivity contribution >= 4 is 0 Å². The van der Waals surface area contributed by atoms with E-state index in [0.29, 0.717) is 24.1 Å². The van der Waals surface area contributed by atoms with Crippen molar-refractivity contribution in [1.82, 2.24) is 5.32 Å². The second-order valence-corrected chi connectivity index (χ2v) is 5.21. The Bertz CT molecular complexity index is 605. The summed E-state index contributed by atoms with van der Waals surface area (Å²) < 4.78 is 39.6. The number of benzene rings is 2. The molecular formula is C17H18F3N. The Hall–Kier alpha value is -1.81. The van der Waals surface area contributed by atoms with E-state index < -0.39 is 11.6 Å². The topological polar surface area (TPSA) is 12.0 Å². The number of rotatable bonds is 5. The van der Waals surface area contributed by atoms with Gasteiger partial charge in [-0.15, -0.1) is 0 Å². The second kappa shape index (κ2) is 6.76. The van der Waals surface area contributed by atoms with Crippen LogP contribution < -0.4 is 5.32 Å². The zero-order valence-corrected chi connectivity index (χ0v) is 12.1. The summed E-state index contributed by atoms with van der Waals surface area (Å²) >= 11 is 0. The van der Waals surface area contributed by atoms with Crippen LogP contribution in [0.5, 0.6) is 0 Å². The molecule has 0 fully saturated rings. The SMILES string of the molecule is Cc1ccc(C(C)NCCc2cc(F)cc(F)c2)cc1F. The van der Waals surface area contributed by atoms with Crippen molar-refractivity contribution in [3.05, 3.63) is 70.5 Å². The fraction of sp³-hybridized carbons (Fsp3) is 0.294. The Morgan fingerprint density at radius 3 is 2.29 bits per heavy atom. The van der Waals surface area contributed by atoms with Gasteiger partial charge in [-0.25, -0.2) is 13.2 Å². The predicted octanol–water partition coefficient (Wildman–Crippen LogP) is 4.31. The molecule has 0 bridgehead atoms. The zero-order chi connectivity index (χ0) is 15.4. The van der Waals surface area contributed by atoms with Crippen molar-refractivity contribution in [3.8, 4) is 0 Å². The molecule has 2 aromatic carbocycles. The third kappa shape index (κ3) is 4.33. The highest BCUT2D eigenvalue weighted by Gasteiger charge is 2.07. The van der Waals surface area contributed by atoms with E-state index in [2.05, 4.69) is 5.32 Å². The normalized spacial score (nSPS) is 12.4. The monoisotopic (exact) mass is 293 g/mol. The smallest absolute Gasteiger partial charge is 0.126 e. The van der Waals surface area contributed by atoms with Crippen LogP contribution >= 0.6 is 0 Å². The third-order valence-electron chi connectivity index (χ3n) is 3.48. The van der Waals surface area contributed by atoms with Crippen LogP contribution in [0.1, 0.15) is 29.7 Å². The van der Waals surface area contributed by atoms with Crippen LogP contribution in [0.25, 0.3) is 0 Å². The van der Waals surface area contributed by atoms with Crippen LogP contribution in [0.2, 0.25) is 0 Å². The van der Waals surface area contributed by atoms with E-state index >= 15 is 0 Å². The summed E-state index contributed by atoms with van der Waals surface area (Å²) in [6.45, 7) is 4.20. The molecule has 21 heavy (non-hydrogen) atoms. The summed E-state index contributed by atoms with van der Waals surface area (Å²) in [6.07, 6.45) is 0.507. The van der Waals surface area contributed by atoms with Gasteiger partial charge in [0.25, 0.3) is 0 Å². The quantitative estimate of drug-likeness (QED) is 0.866. The number of nitrogens with one attached hydrogen (secondary N) is 1. The van der Waals surface area contributed by atoms with Crippen molar-refractivity contribution in [1.29, 1.82) is 0 Å². The lowest BCUT2D eigenvalue weighted by Crippen LogP contribution is -2.21. The van der Waals surface area contributed by atoms with Crippen LogP contribution in [0.15, 0.2) is 36.4 Å². The first-order chi connectivity index (χ1) is 9.95. The highest BCUT2D eigenvalue weighted by molar-refractivity contribution is 5.25. The van der Waals surface area contributed by atoms with Gasteiger partial charge in [0.2, 0.25) is 0 Å². The van der Waals surface area contributed by atoms with Crippen LogP contribution in [0.4, 0.5) is 13.2 Å². The standard InChI is InChI=1S/C17H18F3N/c1-11-3-4-14(9-17(11)20)12(2)21-6-5-13-7-15(18)10-16(19)8-13/h3-4,7-10,12,21H,5-6H2,1-2H3. The molecular weight excluding hydrogens is 275 g/mol. The van der Waals surface area contributed by atoms with Gasteiger partial charge in [0, 0.05) is 12.1 Å². The molecule has 0 saturated heterocycles. The Balaban J connectivity index is 1.91. The number of halogens is 3. The van der Waals surface area contributed by atoms with E-state index in [1.165, 1.54) is 18.2 Å². The van der Waals surface area contributed by atoms with Gasteiger partial charge in [0.1, 0.15) is 17.5 Å². The molecule has 0 aliphatic heterocycles. The molecule has 0 heterocycles. The van der Waals surface area contributed by atoms with Gasteiger partial charge < -0.3 is 5.32 Å². The summed E-state index contributed by atoms with van der Waals surface area (Å²) in [5.41, 5.74) is 2.06. The van der Waals surface area contributed by atoms with Crippen LogP contribution in [-0.2, 0) is 6.42 Å². The van der Waals surface area contributed by atoms with Crippen LogP contribution in [-0.4, -0.2) is 6.54 Å². The average Bonchev–Trinajstić information content (AvgIpc) is 2.40. The molecule has 2 aromatic rings. The Kier molecular flexibility index (Phi) is 5.02. The van der Waals surface area contributed by atoms with Gasteiger partial charge >= 0.3 is 0 Å². The molecule has 4 heteroatoms. The molecule has 1 atom stereocenters.